The first kappa shape index (κ1) is 7.34. The largest absolute Gasteiger partial charge is 0.247 e. The highest BCUT2D eigenvalue weighted by atomic mass is 19.1. The lowest BCUT2D eigenvalue weighted by atomic mass is 9.96. The molecule has 0 aromatic rings. The maximum Gasteiger partial charge on any atom is 0.104 e. The summed E-state index contributed by atoms with van der Waals surface area (Å²) in [6, 6.07) is 0. The van der Waals surface area contributed by atoms with Crippen LogP contribution in [0.4, 0.5) is 4.39 Å². The third-order valence-electron chi connectivity index (χ3n) is 1.73. The van der Waals surface area contributed by atoms with E-state index in [0.717, 1.165) is 12.0 Å². The van der Waals surface area contributed by atoms with Gasteiger partial charge in [0.2, 0.25) is 0 Å². The Labute approximate surface area is 61.1 Å². The Morgan fingerprint density at radius 1 is 1.80 bits per heavy atom. The fourth-order valence-electron chi connectivity index (χ4n) is 1.21. The average molecular weight is 138 g/mol. The molecule has 0 N–H and O–H groups in total. The molecule has 0 nitrogen and oxygen atoms in total. The smallest absolute Gasteiger partial charge is 0.104 e. The minimum atomic E-state index is -0.645. The molecule has 1 atom stereocenters. The number of hydrogen-bond donors (Lipinski definition) is 0. The van der Waals surface area contributed by atoms with Crippen molar-refractivity contribution >= 4 is 0 Å². The van der Waals surface area contributed by atoms with E-state index in [2.05, 4.69) is 12.0 Å². The maximum absolute atomic E-state index is 12.6. The van der Waals surface area contributed by atoms with E-state index >= 15 is 0 Å². The predicted octanol–water partition coefficient (Wildman–Crippen LogP) is 2.46. The summed E-state index contributed by atoms with van der Waals surface area (Å²) in [6.07, 6.45) is 9.23. The van der Waals surface area contributed by atoms with Gasteiger partial charge in [0, 0.05) is 12.8 Å². The zero-order valence-corrected chi connectivity index (χ0v) is 5.94. The minimum absolute atomic E-state index is 0.560. The third kappa shape index (κ3) is 1.88. The van der Waals surface area contributed by atoms with Crippen LogP contribution >= 0.6 is 0 Å². The number of terminal acetylenes is 1. The summed E-state index contributed by atoms with van der Waals surface area (Å²) in [5, 5.41) is 0. The molecule has 0 heterocycles. The molecular weight excluding hydrogens is 127 g/mol. The Kier molecular flexibility index (Phi) is 2.50. The highest BCUT2D eigenvalue weighted by Gasteiger charge is 2.12. The molecule has 10 heavy (non-hydrogen) atoms. The van der Waals surface area contributed by atoms with Crippen molar-refractivity contribution in [3.63, 3.8) is 0 Å². The molecule has 0 aromatic heterocycles. The van der Waals surface area contributed by atoms with Gasteiger partial charge in [-0.3, -0.25) is 0 Å². The Morgan fingerprint density at radius 2 is 2.60 bits per heavy atom. The quantitative estimate of drug-likeness (QED) is 0.385. The fourth-order valence-corrected chi connectivity index (χ4v) is 1.21. The lowest BCUT2D eigenvalue weighted by molar-refractivity contribution is 0.303. The normalized spacial score (nSPS) is 25.2. The van der Waals surface area contributed by atoms with Crippen LogP contribution in [0.5, 0.6) is 0 Å². The van der Waals surface area contributed by atoms with Gasteiger partial charge in [0.05, 0.1) is 0 Å². The van der Waals surface area contributed by atoms with Crippen molar-refractivity contribution < 1.29 is 4.39 Å². The number of halogens is 1. The molecule has 54 valence electrons. The molecular formula is C9H11F. The molecule has 1 aliphatic rings. The molecule has 1 heteroatoms. The van der Waals surface area contributed by atoms with E-state index in [1.165, 1.54) is 0 Å². The molecule has 0 bridgehead atoms. The van der Waals surface area contributed by atoms with Crippen molar-refractivity contribution in [1.82, 2.24) is 0 Å². The van der Waals surface area contributed by atoms with Crippen LogP contribution in [-0.4, -0.2) is 6.17 Å². The van der Waals surface area contributed by atoms with Gasteiger partial charge >= 0.3 is 0 Å². The second kappa shape index (κ2) is 3.41. The summed E-state index contributed by atoms with van der Waals surface area (Å²) >= 11 is 0. The van der Waals surface area contributed by atoms with Crippen molar-refractivity contribution in [3.05, 3.63) is 11.6 Å². The van der Waals surface area contributed by atoms with E-state index in [-0.39, 0.29) is 0 Å². The summed E-state index contributed by atoms with van der Waals surface area (Å²) in [7, 11) is 0. The minimum Gasteiger partial charge on any atom is -0.247 e. The van der Waals surface area contributed by atoms with Gasteiger partial charge in [-0.2, -0.15) is 0 Å². The lowest BCUT2D eigenvalue weighted by Gasteiger charge is -2.13. The van der Waals surface area contributed by atoms with Crippen LogP contribution in [0.2, 0.25) is 0 Å². The van der Waals surface area contributed by atoms with E-state index in [0.29, 0.717) is 19.3 Å². The first-order valence-electron chi connectivity index (χ1n) is 3.58. The molecule has 0 saturated carbocycles. The number of allylic oxidation sites excluding steroid dienone is 2. The number of rotatable bonds is 1. The molecule has 1 unspecified atom stereocenters. The van der Waals surface area contributed by atoms with E-state index in [1.54, 1.807) is 0 Å². The lowest BCUT2D eigenvalue weighted by Crippen LogP contribution is -2.05. The van der Waals surface area contributed by atoms with E-state index in [1.807, 2.05) is 0 Å². The van der Waals surface area contributed by atoms with E-state index in [9.17, 15) is 4.39 Å². The Balaban J connectivity index is 2.45. The molecule has 0 fully saturated rings. The Hall–Kier alpha value is -0.770. The van der Waals surface area contributed by atoms with Gasteiger partial charge in [0.1, 0.15) is 6.17 Å². The van der Waals surface area contributed by atoms with Gasteiger partial charge in [-0.15, -0.1) is 12.3 Å². The number of alkyl halides is 1. The van der Waals surface area contributed by atoms with Crippen molar-refractivity contribution in [2.24, 2.45) is 0 Å². The first-order chi connectivity index (χ1) is 4.83. The third-order valence-corrected chi connectivity index (χ3v) is 1.73. The van der Waals surface area contributed by atoms with Crippen LogP contribution in [0.25, 0.3) is 0 Å². The topological polar surface area (TPSA) is 0 Å². The van der Waals surface area contributed by atoms with Crippen molar-refractivity contribution in [2.45, 2.75) is 31.9 Å². The van der Waals surface area contributed by atoms with E-state index < -0.39 is 6.17 Å². The fraction of sp³-hybridized carbons (Fsp3) is 0.556. The Bertz CT molecular complexity index is 174. The predicted molar refractivity (Wildman–Crippen MR) is 40.3 cm³/mol. The van der Waals surface area contributed by atoms with Gasteiger partial charge < -0.3 is 0 Å². The summed E-state index contributed by atoms with van der Waals surface area (Å²) in [6.45, 7) is 0. The van der Waals surface area contributed by atoms with Crippen molar-refractivity contribution in [2.75, 3.05) is 0 Å². The summed E-state index contributed by atoms with van der Waals surface area (Å²) in [5.41, 5.74) is 1.10. The number of hydrogen-bond acceptors (Lipinski definition) is 0. The SMILES string of the molecule is C#CCC1=CCCC(F)C1. The van der Waals surface area contributed by atoms with Crippen LogP contribution < -0.4 is 0 Å². The molecule has 1 rings (SSSR count). The highest BCUT2D eigenvalue weighted by Crippen LogP contribution is 2.22. The van der Waals surface area contributed by atoms with Gasteiger partial charge in [0.25, 0.3) is 0 Å². The molecule has 0 aromatic carbocycles. The molecule has 0 amide bonds. The van der Waals surface area contributed by atoms with Gasteiger partial charge in [0.15, 0.2) is 0 Å². The second-order valence-corrected chi connectivity index (χ2v) is 2.62. The average Bonchev–Trinajstić information content (AvgIpc) is 1.88. The molecule has 0 radical (unpaired) electrons. The van der Waals surface area contributed by atoms with Gasteiger partial charge in [-0.1, -0.05) is 11.6 Å². The second-order valence-electron chi connectivity index (χ2n) is 2.62. The standard InChI is InChI=1S/C9H11F/c1-2-4-8-5-3-6-9(10)7-8/h1,5,9H,3-4,6-7H2. The van der Waals surface area contributed by atoms with Crippen LogP contribution in [0.15, 0.2) is 11.6 Å². The Morgan fingerprint density at radius 3 is 3.20 bits per heavy atom. The molecule has 0 saturated heterocycles. The van der Waals surface area contributed by atoms with Gasteiger partial charge in [-0.05, 0) is 12.8 Å². The summed E-state index contributed by atoms with van der Waals surface area (Å²) < 4.78 is 12.6. The van der Waals surface area contributed by atoms with E-state index in [4.69, 9.17) is 6.42 Å². The highest BCUT2D eigenvalue weighted by molar-refractivity contribution is 5.13. The van der Waals surface area contributed by atoms with Crippen LogP contribution in [0.3, 0.4) is 0 Å². The van der Waals surface area contributed by atoms with Crippen molar-refractivity contribution in [3.8, 4) is 12.3 Å². The monoisotopic (exact) mass is 138 g/mol. The zero-order chi connectivity index (χ0) is 7.40. The van der Waals surface area contributed by atoms with Crippen molar-refractivity contribution in [1.29, 1.82) is 0 Å². The van der Waals surface area contributed by atoms with Gasteiger partial charge in [-0.25, -0.2) is 4.39 Å². The molecule has 1 aliphatic carbocycles. The van der Waals surface area contributed by atoms with Crippen LogP contribution in [-0.2, 0) is 0 Å². The summed E-state index contributed by atoms with van der Waals surface area (Å²) in [4.78, 5) is 0. The van der Waals surface area contributed by atoms with Crippen LogP contribution in [0, 0.1) is 12.3 Å². The zero-order valence-electron chi connectivity index (χ0n) is 5.94. The van der Waals surface area contributed by atoms with Crippen LogP contribution in [0.1, 0.15) is 25.7 Å². The summed E-state index contributed by atoms with van der Waals surface area (Å²) in [5.74, 6) is 2.52. The molecule has 0 spiro atoms. The first-order valence-corrected chi connectivity index (χ1v) is 3.58. The maximum atomic E-state index is 12.6. The molecule has 0 aliphatic heterocycles.